The van der Waals surface area contributed by atoms with Crippen molar-refractivity contribution >= 4 is 39.5 Å². The second kappa shape index (κ2) is 70.4. The van der Waals surface area contributed by atoms with Crippen molar-refractivity contribution in [1.29, 1.82) is 0 Å². The first-order valence-corrected chi connectivity index (χ1v) is 44.4. The average Bonchev–Trinajstić information content (AvgIpc) is 1.08. The van der Waals surface area contributed by atoms with Gasteiger partial charge in [0.2, 0.25) is 0 Å². The minimum atomic E-state index is -4.96. The highest BCUT2D eigenvalue weighted by atomic mass is 31.2. The van der Waals surface area contributed by atoms with E-state index in [4.69, 9.17) is 37.0 Å². The average molecular weight is 1450 g/mol. The van der Waals surface area contributed by atoms with Gasteiger partial charge in [-0.1, -0.05) is 363 Å². The Morgan fingerprint density at radius 3 is 0.768 bits per heavy atom. The van der Waals surface area contributed by atoms with Crippen molar-refractivity contribution in [2.75, 3.05) is 39.6 Å². The van der Waals surface area contributed by atoms with Crippen LogP contribution in [0.2, 0.25) is 0 Å². The standard InChI is InChI=1S/C80H156O17P2/c1-8-10-11-12-13-14-15-16-22-25-34-42-49-56-63-79(84)97-76(68-91-78(83)62-55-48-41-36-29-31-38-45-52-59-72(5)6)70-95-99(88,89)93-66-74(81)65-92-98(86,87)94-69-75(67-90-77(82)61-54-47-40-33-28-27-32-39-46-53-60-73(7)9-2)96-80(85)64-57-50-43-35-26-23-20-18-17-19-21-24-30-37-44-51-58-71(3)4/h71-76,81H,8-70H2,1-7H3,(H,86,87)(H,88,89)/t73?,74-,75-,76-/m1/s1. The normalized spacial score (nSPS) is 14.3. The lowest BCUT2D eigenvalue weighted by molar-refractivity contribution is -0.161. The van der Waals surface area contributed by atoms with Crippen molar-refractivity contribution < 1.29 is 80.2 Å². The summed E-state index contributed by atoms with van der Waals surface area (Å²) in [6.07, 6.45) is 58.1. The van der Waals surface area contributed by atoms with Gasteiger partial charge in [0.15, 0.2) is 12.2 Å². The van der Waals surface area contributed by atoms with E-state index in [0.29, 0.717) is 25.7 Å². The Morgan fingerprint density at radius 2 is 0.515 bits per heavy atom. The summed E-state index contributed by atoms with van der Waals surface area (Å²) >= 11 is 0. The molecule has 0 aromatic rings. The number of hydrogen-bond acceptors (Lipinski definition) is 15. The molecular formula is C80H156O17P2. The Morgan fingerprint density at radius 1 is 0.293 bits per heavy atom. The van der Waals surface area contributed by atoms with Crippen molar-refractivity contribution in [3.8, 4) is 0 Å². The molecule has 0 fully saturated rings. The predicted molar refractivity (Wildman–Crippen MR) is 405 cm³/mol. The molecule has 0 aliphatic heterocycles. The number of aliphatic hydroxyl groups excluding tert-OH is 1. The van der Waals surface area contributed by atoms with Crippen LogP contribution in [0.1, 0.15) is 414 Å². The van der Waals surface area contributed by atoms with Gasteiger partial charge in [0.1, 0.15) is 19.3 Å². The number of phosphoric ester groups is 2. The zero-order valence-corrected chi connectivity index (χ0v) is 66.8. The third-order valence-corrected chi connectivity index (χ3v) is 20.9. The van der Waals surface area contributed by atoms with Crippen LogP contribution in [0.15, 0.2) is 0 Å². The van der Waals surface area contributed by atoms with Gasteiger partial charge in [-0.3, -0.25) is 37.3 Å². The van der Waals surface area contributed by atoms with E-state index in [1.807, 2.05) is 0 Å². The van der Waals surface area contributed by atoms with Crippen LogP contribution in [0, 0.1) is 17.8 Å². The highest BCUT2D eigenvalue weighted by molar-refractivity contribution is 7.47. The molecule has 0 aromatic carbocycles. The van der Waals surface area contributed by atoms with E-state index in [0.717, 1.165) is 108 Å². The van der Waals surface area contributed by atoms with Crippen molar-refractivity contribution in [3.63, 3.8) is 0 Å². The minimum Gasteiger partial charge on any atom is -0.462 e. The Kier molecular flexibility index (Phi) is 69.0. The maximum absolute atomic E-state index is 13.1. The van der Waals surface area contributed by atoms with Gasteiger partial charge in [0, 0.05) is 25.7 Å². The molecule has 0 aromatic heterocycles. The van der Waals surface area contributed by atoms with E-state index >= 15 is 0 Å². The van der Waals surface area contributed by atoms with E-state index in [1.54, 1.807) is 0 Å². The number of aliphatic hydroxyl groups is 1. The molecule has 0 saturated heterocycles. The van der Waals surface area contributed by atoms with Crippen LogP contribution in [0.25, 0.3) is 0 Å². The zero-order valence-electron chi connectivity index (χ0n) is 65.0. The molecule has 0 rings (SSSR count). The van der Waals surface area contributed by atoms with Crippen LogP contribution >= 0.6 is 15.6 Å². The van der Waals surface area contributed by atoms with Gasteiger partial charge in [-0.2, -0.15) is 0 Å². The second-order valence-electron chi connectivity index (χ2n) is 30.0. The summed E-state index contributed by atoms with van der Waals surface area (Å²) in [4.78, 5) is 73.0. The SMILES string of the molecule is CCCCCCCCCCCCCCCCC(=O)O[C@H](COC(=O)CCCCCCCCCCCC(C)C)COP(=O)(O)OC[C@H](O)COP(=O)(O)OC[C@@H](COC(=O)CCCCCCCCCCCCC(C)CC)OC(=O)CCCCCCCCCCCCCCCCCCC(C)C. The molecule has 0 amide bonds. The monoisotopic (exact) mass is 1450 g/mol. The Bertz CT molecular complexity index is 1920. The Hall–Kier alpha value is -1.94. The molecule has 0 radical (unpaired) electrons. The van der Waals surface area contributed by atoms with Crippen LogP contribution in [-0.4, -0.2) is 96.7 Å². The number of phosphoric acid groups is 2. The summed E-state index contributed by atoms with van der Waals surface area (Å²) in [7, 11) is -9.92. The first-order chi connectivity index (χ1) is 47.8. The van der Waals surface area contributed by atoms with Gasteiger partial charge >= 0.3 is 39.5 Å². The molecule has 0 aliphatic rings. The predicted octanol–water partition coefficient (Wildman–Crippen LogP) is 23.7. The molecule has 3 N–H and O–H groups in total. The summed E-state index contributed by atoms with van der Waals surface area (Å²) in [5.74, 6) is 0.252. The van der Waals surface area contributed by atoms with E-state index in [2.05, 4.69) is 48.5 Å². The minimum absolute atomic E-state index is 0.107. The molecule has 19 heteroatoms. The highest BCUT2D eigenvalue weighted by Gasteiger charge is 2.30. The molecule has 17 nitrogen and oxygen atoms in total. The fourth-order valence-corrected chi connectivity index (χ4v) is 13.9. The van der Waals surface area contributed by atoms with Gasteiger partial charge in [-0.05, 0) is 43.4 Å². The molecule has 0 bridgehead atoms. The number of carbonyl (C=O) groups excluding carboxylic acids is 4. The molecule has 0 spiro atoms. The maximum atomic E-state index is 13.1. The summed E-state index contributed by atoms with van der Waals surface area (Å²) in [5, 5.41) is 10.6. The smallest absolute Gasteiger partial charge is 0.462 e. The maximum Gasteiger partial charge on any atom is 0.472 e. The molecule has 0 heterocycles. The number of ether oxygens (including phenoxy) is 4. The first kappa shape index (κ1) is 97.1. The topological polar surface area (TPSA) is 237 Å². The van der Waals surface area contributed by atoms with Crippen molar-refractivity contribution in [1.82, 2.24) is 0 Å². The molecule has 6 atom stereocenters. The number of hydrogen-bond donors (Lipinski definition) is 3. The van der Waals surface area contributed by atoms with Gasteiger partial charge in [0.25, 0.3) is 0 Å². The van der Waals surface area contributed by atoms with E-state index < -0.39 is 97.5 Å². The number of esters is 4. The fourth-order valence-electron chi connectivity index (χ4n) is 12.3. The molecular weight excluding hydrogens is 1290 g/mol. The number of unbranched alkanes of at least 4 members (excludes halogenated alkanes) is 45. The molecule has 588 valence electrons. The first-order valence-electron chi connectivity index (χ1n) is 41.4. The highest BCUT2D eigenvalue weighted by Crippen LogP contribution is 2.45. The second-order valence-corrected chi connectivity index (χ2v) is 32.9. The molecule has 3 unspecified atom stereocenters. The number of rotatable bonds is 78. The lowest BCUT2D eigenvalue weighted by atomic mass is 9.99. The van der Waals surface area contributed by atoms with Gasteiger partial charge in [-0.15, -0.1) is 0 Å². The lowest BCUT2D eigenvalue weighted by Crippen LogP contribution is -2.30. The Labute approximate surface area is 607 Å². The van der Waals surface area contributed by atoms with Crippen LogP contribution in [-0.2, 0) is 65.4 Å². The van der Waals surface area contributed by atoms with Crippen LogP contribution in [0.3, 0.4) is 0 Å². The van der Waals surface area contributed by atoms with Crippen molar-refractivity contribution in [2.24, 2.45) is 17.8 Å². The van der Waals surface area contributed by atoms with Crippen LogP contribution in [0.4, 0.5) is 0 Å². The molecule has 0 aliphatic carbocycles. The van der Waals surface area contributed by atoms with Gasteiger partial charge in [0.05, 0.1) is 26.4 Å². The third-order valence-electron chi connectivity index (χ3n) is 19.0. The van der Waals surface area contributed by atoms with E-state index in [9.17, 15) is 43.2 Å². The van der Waals surface area contributed by atoms with E-state index in [-0.39, 0.29) is 25.7 Å². The van der Waals surface area contributed by atoms with Gasteiger partial charge in [-0.25, -0.2) is 9.13 Å². The lowest BCUT2D eigenvalue weighted by Gasteiger charge is -2.21. The quantitative estimate of drug-likeness (QED) is 0.0222. The van der Waals surface area contributed by atoms with Crippen molar-refractivity contribution in [2.45, 2.75) is 433 Å². The summed E-state index contributed by atoms with van der Waals surface area (Å²) in [6, 6.07) is 0. The van der Waals surface area contributed by atoms with Crippen LogP contribution < -0.4 is 0 Å². The van der Waals surface area contributed by atoms with Gasteiger partial charge < -0.3 is 33.8 Å². The third kappa shape index (κ3) is 72.8. The molecule has 99 heavy (non-hydrogen) atoms. The largest absolute Gasteiger partial charge is 0.472 e. The summed E-state index contributed by atoms with van der Waals surface area (Å²) < 4.78 is 68.7. The fraction of sp³-hybridized carbons (Fsp3) is 0.950. The van der Waals surface area contributed by atoms with Crippen LogP contribution in [0.5, 0.6) is 0 Å². The van der Waals surface area contributed by atoms with Crippen molar-refractivity contribution in [3.05, 3.63) is 0 Å². The Balaban J connectivity index is 5.26. The summed E-state index contributed by atoms with van der Waals surface area (Å²) in [6.45, 7) is 12.0. The zero-order chi connectivity index (χ0) is 73.0. The number of carbonyl (C=O) groups is 4. The molecule has 0 saturated carbocycles. The van der Waals surface area contributed by atoms with E-state index in [1.165, 1.54) is 225 Å². The summed E-state index contributed by atoms with van der Waals surface area (Å²) in [5.41, 5.74) is 0.